The minimum Gasteiger partial charge on any atom is -0.378 e. The van der Waals surface area contributed by atoms with E-state index in [-0.39, 0.29) is 11.9 Å². The zero-order valence-electron chi connectivity index (χ0n) is 10.1. The van der Waals surface area contributed by atoms with E-state index < -0.39 is 0 Å². The first kappa shape index (κ1) is 13.5. The number of morpholine rings is 1. The van der Waals surface area contributed by atoms with Crippen molar-refractivity contribution in [2.24, 2.45) is 0 Å². The maximum Gasteiger partial charge on any atom is 0.221 e. The fraction of sp³-hybridized carbons (Fsp3) is 0.462. The van der Waals surface area contributed by atoms with E-state index in [1.807, 2.05) is 24.3 Å². The molecule has 2 N–H and O–H groups in total. The second kappa shape index (κ2) is 6.87. The number of carbonyl (C=O) groups excluding carboxylic acids is 1. The summed E-state index contributed by atoms with van der Waals surface area (Å²) in [5.41, 5.74) is 1.08. The number of hydrogen-bond acceptors (Lipinski definition) is 3. The predicted octanol–water partition coefficient (Wildman–Crippen LogP) is 1.44. The van der Waals surface area contributed by atoms with Crippen LogP contribution in [0.1, 0.15) is 12.0 Å². The molecule has 1 aromatic carbocycles. The number of hydrogen-bond donors (Lipinski definition) is 2. The maximum absolute atomic E-state index is 11.8. The molecule has 1 atom stereocenters. The van der Waals surface area contributed by atoms with Gasteiger partial charge in [-0.15, -0.1) is 0 Å². The fourth-order valence-electron chi connectivity index (χ4n) is 1.88. The van der Waals surface area contributed by atoms with Crippen LogP contribution in [-0.4, -0.2) is 31.7 Å². The van der Waals surface area contributed by atoms with Crippen molar-refractivity contribution < 1.29 is 9.53 Å². The summed E-state index contributed by atoms with van der Waals surface area (Å²) >= 11 is 3.46. The van der Waals surface area contributed by atoms with E-state index in [0.29, 0.717) is 19.6 Å². The Morgan fingerprint density at radius 2 is 2.33 bits per heavy atom. The Morgan fingerprint density at radius 1 is 1.50 bits per heavy atom. The lowest BCUT2D eigenvalue weighted by Gasteiger charge is -2.23. The quantitative estimate of drug-likeness (QED) is 0.884. The second-order valence-electron chi connectivity index (χ2n) is 4.30. The first-order valence-corrected chi connectivity index (χ1v) is 6.86. The number of nitrogens with one attached hydrogen (secondary N) is 2. The molecule has 1 heterocycles. The van der Waals surface area contributed by atoms with E-state index in [4.69, 9.17) is 4.74 Å². The van der Waals surface area contributed by atoms with Crippen LogP contribution < -0.4 is 10.6 Å². The zero-order valence-corrected chi connectivity index (χ0v) is 11.7. The summed E-state index contributed by atoms with van der Waals surface area (Å²) in [5, 5.41) is 6.19. The molecule has 1 amide bonds. The normalized spacial score (nSPS) is 19.5. The highest BCUT2D eigenvalue weighted by Gasteiger charge is 2.16. The Hall–Kier alpha value is -0.910. The SMILES string of the molecule is O=C(CC1COCCN1)NCc1ccccc1Br. The molecular formula is C13H17BrN2O2. The number of rotatable bonds is 4. The minimum atomic E-state index is 0.0498. The Kier molecular flexibility index (Phi) is 5.16. The van der Waals surface area contributed by atoms with E-state index in [2.05, 4.69) is 26.6 Å². The summed E-state index contributed by atoms with van der Waals surface area (Å²) in [7, 11) is 0. The molecule has 0 spiro atoms. The third-order valence-corrected chi connectivity index (χ3v) is 3.64. The van der Waals surface area contributed by atoms with Crippen molar-refractivity contribution in [3.63, 3.8) is 0 Å². The number of benzene rings is 1. The van der Waals surface area contributed by atoms with Crippen LogP contribution >= 0.6 is 15.9 Å². The van der Waals surface area contributed by atoms with Gasteiger partial charge in [0, 0.05) is 30.0 Å². The monoisotopic (exact) mass is 312 g/mol. The second-order valence-corrected chi connectivity index (χ2v) is 5.15. The Bertz CT molecular complexity index is 406. The Balaban J connectivity index is 1.76. The molecule has 5 heteroatoms. The van der Waals surface area contributed by atoms with Gasteiger partial charge in [-0.3, -0.25) is 4.79 Å². The van der Waals surface area contributed by atoms with Crippen LogP contribution in [0.4, 0.5) is 0 Å². The number of ether oxygens (including phenoxy) is 1. The molecule has 4 nitrogen and oxygen atoms in total. The summed E-state index contributed by atoms with van der Waals surface area (Å²) in [6.07, 6.45) is 0.463. The van der Waals surface area contributed by atoms with Crippen molar-refractivity contribution >= 4 is 21.8 Å². The van der Waals surface area contributed by atoms with Gasteiger partial charge in [0.1, 0.15) is 0 Å². The molecule has 1 fully saturated rings. The van der Waals surface area contributed by atoms with Gasteiger partial charge >= 0.3 is 0 Å². The van der Waals surface area contributed by atoms with Crippen molar-refractivity contribution in [2.45, 2.75) is 19.0 Å². The third-order valence-electron chi connectivity index (χ3n) is 2.86. The van der Waals surface area contributed by atoms with Gasteiger partial charge in [0.25, 0.3) is 0 Å². The van der Waals surface area contributed by atoms with E-state index in [1.54, 1.807) is 0 Å². The van der Waals surface area contributed by atoms with Crippen LogP contribution in [0.5, 0.6) is 0 Å². The standard InChI is InChI=1S/C13H17BrN2O2/c14-12-4-2-1-3-10(12)8-16-13(17)7-11-9-18-6-5-15-11/h1-4,11,15H,5-9H2,(H,16,17). The molecule has 1 aliphatic heterocycles. The molecule has 0 bridgehead atoms. The average molecular weight is 313 g/mol. The van der Waals surface area contributed by atoms with Gasteiger partial charge in [-0.1, -0.05) is 34.1 Å². The average Bonchev–Trinajstić information content (AvgIpc) is 2.39. The summed E-state index contributed by atoms with van der Waals surface area (Å²) < 4.78 is 6.33. The van der Waals surface area contributed by atoms with Crippen LogP contribution in [0.2, 0.25) is 0 Å². The first-order valence-electron chi connectivity index (χ1n) is 6.07. The van der Waals surface area contributed by atoms with Crippen LogP contribution in [0.25, 0.3) is 0 Å². The van der Waals surface area contributed by atoms with Crippen molar-refractivity contribution in [2.75, 3.05) is 19.8 Å². The lowest BCUT2D eigenvalue weighted by Crippen LogP contribution is -2.44. The van der Waals surface area contributed by atoms with Gasteiger partial charge in [0.05, 0.1) is 13.2 Å². The van der Waals surface area contributed by atoms with Crippen LogP contribution in [0.3, 0.4) is 0 Å². The molecule has 1 aliphatic rings. The molecule has 98 valence electrons. The molecule has 1 saturated heterocycles. The molecule has 0 aromatic heterocycles. The van der Waals surface area contributed by atoms with Crippen LogP contribution in [0.15, 0.2) is 28.7 Å². The highest BCUT2D eigenvalue weighted by molar-refractivity contribution is 9.10. The van der Waals surface area contributed by atoms with Gasteiger partial charge in [0.15, 0.2) is 0 Å². The molecule has 2 rings (SSSR count). The lowest BCUT2D eigenvalue weighted by molar-refractivity contribution is -0.122. The summed E-state index contributed by atoms with van der Waals surface area (Å²) in [6, 6.07) is 8.02. The molecule has 0 radical (unpaired) electrons. The number of amides is 1. The van der Waals surface area contributed by atoms with Crippen molar-refractivity contribution in [1.29, 1.82) is 0 Å². The highest BCUT2D eigenvalue weighted by Crippen LogP contribution is 2.15. The maximum atomic E-state index is 11.8. The van der Waals surface area contributed by atoms with Gasteiger partial charge in [0.2, 0.25) is 5.91 Å². The van der Waals surface area contributed by atoms with E-state index in [0.717, 1.165) is 23.2 Å². The van der Waals surface area contributed by atoms with Crippen molar-refractivity contribution in [1.82, 2.24) is 10.6 Å². The Labute approximate surface area is 115 Å². The van der Waals surface area contributed by atoms with E-state index >= 15 is 0 Å². The number of halogens is 1. The minimum absolute atomic E-state index is 0.0498. The van der Waals surface area contributed by atoms with Gasteiger partial charge in [-0.05, 0) is 11.6 Å². The summed E-state index contributed by atoms with van der Waals surface area (Å²) in [5.74, 6) is 0.0498. The van der Waals surface area contributed by atoms with E-state index in [1.165, 1.54) is 0 Å². The topological polar surface area (TPSA) is 50.4 Å². The third kappa shape index (κ3) is 4.08. The van der Waals surface area contributed by atoms with Gasteiger partial charge in [-0.2, -0.15) is 0 Å². The largest absolute Gasteiger partial charge is 0.378 e. The van der Waals surface area contributed by atoms with Crippen molar-refractivity contribution in [3.8, 4) is 0 Å². The predicted molar refractivity (Wildman–Crippen MR) is 73.2 cm³/mol. The van der Waals surface area contributed by atoms with Gasteiger partial charge < -0.3 is 15.4 Å². The zero-order chi connectivity index (χ0) is 12.8. The molecule has 18 heavy (non-hydrogen) atoms. The molecule has 1 aromatic rings. The first-order chi connectivity index (χ1) is 8.75. The molecule has 0 saturated carbocycles. The van der Waals surface area contributed by atoms with Crippen molar-refractivity contribution in [3.05, 3.63) is 34.3 Å². The highest BCUT2D eigenvalue weighted by atomic mass is 79.9. The smallest absolute Gasteiger partial charge is 0.221 e. The van der Waals surface area contributed by atoms with Gasteiger partial charge in [-0.25, -0.2) is 0 Å². The molecule has 1 unspecified atom stereocenters. The summed E-state index contributed by atoms with van der Waals surface area (Å²) in [6.45, 7) is 2.72. The van der Waals surface area contributed by atoms with Crippen LogP contribution in [0, 0.1) is 0 Å². The lowest BCUT2D eigenvalue weighted by atomic mass is 10.2. The fourth-order valence-corrected chi connectivity index (χ4v) is 2.31. The Morgan fingerprint density at radius 3 is 3.06 bits per heavy atom. The van der Waals surface area contributed by atoms with E-state index in [9.17, 15) is 4.79 Å². The van der Waals surface area contributed by atoms with Crippen LogP contribution in [-0.2, 0) is 16.1 Å². The number of carbonyl (C=O) groups is 1. The molecule has 0 aliphatic carbocycles. The summed E-state index contributed by atoms with van der Waals surface area (Å²) in [4.78, 5) is 11.8. The molecular weight excluding hydrogens is 296 g/mol.